The molecule has 0 aliphatic carbocycles. The van der Waals surface area contributed by atoms with Crippen LogP contribution in [0.1, 0.15) is 12.8 Å². The van der Waals surface area contributed by atoms with Gasteiger partial charge in [-0.1, -0.05) is 12.1 Å². The molecule has 4 rings (SSSR count). The van der Waals surface area contributed by atoms with Crippen LogP contribution in [0.5, 0.6) is 0 Å². The number of hydrogen-bond donors (Lipinski definition) is 1. The number of furan rings is 1. The number of nitrogens with zero attached hydrogens (tertiary/aromatic N) is 3. The molecule has 2 aromatic heterocycles. The summed E-state index contributed by atoms with van der Waals surface area (Å²) >= 11 is 0. The van der Waals surface area contributed by atoms with E-state index in [1.165, 1.54) is 0 Å². The Morgan fingerprint density at radius 2 is 2.15 bits per heavy atom. The Labute approximate surface area is 115 Å². The number of anilines is 1. The smallest absolute Gasteiger partial charge is 0.196 e. The summed E-state index contributed by atoms with van der Waals surface area (Å²) in [5.41, 5.74) is 2.37. The Morgan fingerprint density at radius 3 is 3.05 bits per heavy atom. The van der Waals surface area contributed by atoms with Gasteiger partial charge in [0.25, 0.3) is 0 Å². The van der Waals surface area contributed by atoms with E-state index in [2.05, 4.69) is 14.9 Å². The maximum Gasteiger partial charge on any atom is 0.196 e. The second kappa shape index (κ2) is 4.45. The van der Waals surface area contributed by atoms with Crippen molar-refractivity contribution in [3.8, 4) is 0 Å². The molecule has 3 aromatic rings. The van der Waals surface area contributed by atoms with Crippen LogP contribution in [0, 0.1) is 0 Å². The lowest BCUT2D eigenvalue weighted by atomic mass is 10.1. The molecule has 1 fully saturated rings. The zero-order valence-corrected chi connectivity index (χ0v) is 11.0. The van der Waals surface area contributed by atoms with Crippen LogP contribution in [0.25, 0.3) is 22.1 Å². The highest BCUT2D eigenvalue weighted by Crippen LogP contribution is 2.32. The first-order valence-electron chi connectivity index (χ1n) is 6.88. The number of para-hydroxylation sites is 1. The number of fused-ring (bicyclic) bond motifs is 3. The fourth-order valence-electron chi connectivity index (χ4n) is 2.88. The summed E-state index contributed by atoms with van der Waals surface area (Å²) in [5.74, 6) is 0.782. The number of benzene rings is 1. The van der Waals surface area contributed by atoms with Gasteiger partial charge in [0, 0.05) is 18.5 Å². The third kappa shape index (κ3) is 1.74. The first-order valence-corrected chi connectivity index (χ1v) is 6.88. The quantitative estimate of drug-likeness (QED) is 0.734. The summed E-state index contributed by atoms with van der Waals surface area (Å²) in [6, 6.07) is 7.86. The summed E-state index contributed by atoms with van der Waals surface area (Å²) in [7, 11) is 0. The number of hydrogen-bond acceptors (Lipinski definition) is 5. The maximum atomic E-state index is 9.84. The molecule has 0 saturated carbocycles. The minimum Gasteiger partial charge on any atom is -0.450 e. The summed E-state index contributed by atoms with van der Waals surface area (Å²) in [5, 5.41) is 10.8. The topological polar surface area (TPSA) is 62.4 Å². The van der Waals surface area contributed by atoms with Crippen molar-refractivity contribution in [3.63, 3.8) is 0 Å². The molecular formula is C15H15N3O2. The first-order chi connectivity index (χ1) is 9.83. The van der Waals surface area contributed by atoms with E-state index in [0.29, 0.717) is 12.1 Å². The van der Waals surface area contributed by atoms with Gasteiger partial charge in [-0.2, -0.15) is 0 Å². The molecule has 1 N–H and O–H groups in total. The Morgan fingerprint density at radius 1 is 1.25 bits per heavy atom. The number of aliphatic hydroxyl groups is 1. The van der Waals surface area contributed by atoms with Crippen LogP contribution in [0.4, 0.5) is 5.82 Å². The molecular weight excluding hydrogens is 254 g/mol. The van der Waals surface area contributed by atoms with E-state index in [9.17, 15) is 5.11 Å². The van der Waals surface area contributed by atoms with E-state index in [1.54, 1.807) is 6.33 Å². The van der Waals surface area contributed by atoms with E-state index in [4.69, 9.17) is 4.42 Å². The molecule has 0 radical (unpaired) electrons. The molecule has 0 unspecified atom stereocenters. The summed E-state index contributed by atoms with van der Waals surface area (Å²) in [6.07, 6.45) is 3.09. The van der Waals surface area contributed by atoms with Gasteiger partial charge in [-0.3, -0.25) is 0 Å². The van der Waals surface area contributed by atoms with Gasteiger partial charge in [-0.05, 0) is 25.0 Å². The van der Waals surface area contributed by atoms with E-state index < -0.39 is 0 Å². The average Bonchev–Trinajstić information content (AvgIpc) is 2.86. The third-order valence-electron chi connectivity index (χ3n) is 3.84. The van der Waals surface area contributed by atoms with Gasteiger partial charge < -0.3 is 14.4 Å². The van der Waals surface area contributed by atoms with Crippen molar-refractivity contribution in [1.82, 2.24) is 9.97 Å². The lowest BCUT2D eigenvalue weighted by molar-refractivity contribution is 0.154. The number of aliphatic hydroxyl groups excluding tert-OH is 1. The second-order valence-electron chi connectivity index (χ2n) is 5.22. The Hall–Kier alpha value is -2.14. The number of β-amino-alcohol motifs (C(OH)–C–C–N with tert-alkyl or cyclic N) is 1. The van der Waals surface area contributed by atoms with Crippen LogP contribution >= 0.6 is 0 Å². The average molecular weight is 269 g/mol. The van der Waals surface area contributed by atoms with Crippen molar-refractivity contribution >= 4 is 27.9 Å². The van der Waals surface area contributed by atoms with Crippen molar-refractivity contribution in [2.24, 2.45) is 0 Å². The van der Waals surface area contributed by atoms with Gasteiger partial charge in [0.05, 0.1) is 6.10 Å². The van der Waals surface area contributed by atoms with Gasteiger partial charge >= 0.3 is 0 Å². The van der Waals surface area contributed by atoms with E-state index in [0.717, 1.165) is 41.7 Å². The normalized spacial score (nSPS) is 19.9. The molecule has 0 spiro atoms. The molecule has 20 heavy (non-hydrogen) atoms. The summed E-state index contributed by atoms with van der Waals surface area (Å²) in [4.78, 5) is 10.8. The highest BCUT2D eigenvalue weighted by atomic mass is 16.3. The summed E-state index contributed by atoms with van der Waals surface area (Å²) in [6.45, 7) is 1.49. The minimum atomic E-state index is -0.293. The van der Waals surface area contributed by atoms with Gasteiger partial charge in [0.1, 0.15) is 17.4 Å². The van der Waals surface area contributed by atoms with Gasteiger partial charge in [-0.25, -0.2) is 9.97 Å². The molecule has 1 aromatic carbocycles. The third-order valence-corrected chi connectivity index (χ3v) is 3.84. The largest absolute Gasteiger partial charge is 0.450 e. The molecule has 0 bridgehead atoms. The van der Waals surface area contributed by atoms with Gasteiger partial charge in [0.2, 0.25) is 0 Å². The van der Waals surface area contributed by atoms with E-state index in [1.807, 2.05) is 24.3 Å². The predicted octanol–water partition coefficient (Wildman–Crippen LogP) is 2.34. The molecule has 5 nitrogen and oxygen atoms in total. The zero-order chi connectivity index (χ0) is 13.5. The fraction of sp³-hybridized carbons (Fsp3) is 0.333. The van der Waals surface area contributed by atoms with E-state index in [-0.39, 0.29) is 6.10 Å². The molecule has 1 aliphatic heterocycles. The number of rotatable bonds is 1. The van der Waals surface area contributed by atoms with Crippen LogP contribution in [0.2, 0.25) is 0 Å². The Balaban J connectivity index is 1.91. The summed E-state index contributed by atoms with van der Waals surface area (Å²) < 4.78 is 5.92. The molecule has 0 amide bonds. The highest BCUT2D eigenvalue weighted by molar-refractivity contribution is 6.05. The first kappa shape index (κ1) is 11.7. The van der Waals surface area contributed by atoms with Crippen molar-refractivity contribution < 1.29 is 9.52 Å². The van der Waals surface area contributed by atoms with Crippen molar-refractivity contribution in [2.45, 2.75) is 18.9 Å². The number of piperidine rings is 1. The molecule has 102 valence electrons. The highest BCUT2D eigenvalue weighted by Gasteiger charge is 2.23. The van der Waals surface area contributed by atoms with Crippen LogP contribution in [-0.2, 0) is 0 Å². The molecule has 3 heterocycles. The Bertz CT molecular complexity index is 768. The minimum absolute atomic E-state index is 0.293. The van der Waals surface area contributed by atoms with Crippen LogP contribution < -0.4 is 4.90 Å². The van der Waals surface area contributed by atoms with Crippen LogP contribution in [0.15, 0.2) is 35.0 Å². The van der Waals surface area contributed by atoms with Gasteiger partial charge in [0.15, 0.2) is 11.4 Å². The molecule has 1 atom stereocenters. The maximum absolute atomic E-state index is 9.84. The fourth-order valence-corrected chi connectivity index (χ4v) is 2.88. The molecule has 1 saturated heterocycles. The van der Waals surface area contributed by atoms with Crippen molar-refractivity contribution in [2.75, 3.05) is 18.0 Å². The number of aromatic nitrogens is 2. The standard InChI is InChI=1S/C15H15N3O2/c19-10-4-3-7-18(8-10)15-14-13(16-9-17-15)11-5-1-2-6-12(11)20-14/h1-2,5-6,9-10,19H,3-4,7-8H2/t10-/m1/s1. The molecule has 5 heteroatoms. The SMILES string of the molecule is O[C@@H]1CCCN(c2ncnc3c2oc2ccccc23)C1. The zero-order valence-electron chi connectivity index (χ0n) is 11.0. The van der Waals surface area contributed by atoms with Crippen molar-refractivity contribution in [3.05, 3.63) is 30.6 Å². The van der Waals surface area contributed by atoms with Crippen LogP contribution in [-0.4, -0.2) is 34.3 Å². The Kier molecular flexibility index (Phi) is 2.60. The van der Waals surface area contributed by atoms with E-state index >= 15 is 0 Å². The lowest BCUT2D eigenvalue weighted by Gasteiger charge is -2.30. The van der Waals surface area contributed by atoms with Gasteiger partial charge in [-0.15, -0.1) is 0 Å². The van der Waals surface area contributed by atoms with Crippen LogP contribution in [0.3, 0.4) is 0 Å². The lowest BCUT2D eigenvalue weighted by Crippen LogP contribution is -2.38. The second-order valence-corrected chi connectivity index (χ2v) is 5.22. The van der Waals surface area contributed by atoms with Crippen molar-refractivity contribution in [1.29, 1.82) is 0 Å². The molecule has 1 aliphatic rings. The monoisotopic (exact) mass is 269 g/mol. The predicted molar refractivity (Wildman–Crippen MR) is 76.8 cm³/mol.